The summed E-state index contributed by atoms with van der Waals surface area (Å²) in [6, 6.07) is 14.8. The summed E-state index contributed by atoms with van der Waals surface area (Å²) in [5.74, 6) is -1.52. The summed E-state index contributed by atoms with van der Waals surface area (Å²) in [6.07, 6.45) is 2.12. The van der Waals surface area contributed by atoms with Gasteiger partial charge in [-0.2, -0.15) is 0 Å². The van der Waals surface area contributed by atoms with Gasteiger partial charge in [-0.15, -0.1) is 0 Å². The van der Waals surface area contributed by atoms with E-state index in [1.165, 1.54) is 12.1 Å². The molecule has 1 saturated heterocycles. The predicted octanol–water partition coefficient (Wildman–Crippen LogP) is 6.71. The van der Waals surface area contributed by atoms with Crippen LogP contribution in [0.4, 0.5) is 31.5 Å². The van der Waals surface area contributed by atoms with Gasteiger partial charge in [-0.05, 0) is 50.1 Å². The van der Waals surface area contributed by atoms with E-state index in [-0.39, 0.29) is 15.8 Å². The molecule has 0 amide bonds. The van der Waals surface area contributed by atoms with Crippen LogP contribution >= 0.6 is 0 Å². The zero-order chi connectivity index (χ0) is 30.0. The van der Waals surface area contributed by atoms with Crippen molar-refractivity contribution in [1.82, 2.24) is 4.98 Å². The van der Waals surface area contributed by atoms with Gasteiger partial charge >= 0.3 is 0 Å². The fraction of sp³-hybridized carbons (Fsp3) is 0.344. The number of sulfone groups is 1. The number of fused-ring (bicyclic) bond motifs is 1. The van der Waals surface area contributed by atoms with Crippen molar-refractivity contribution in [2.24, 2.45) is 0 Å². The zero-order valence-corrected chi connectivity index (χ0v) is 25.2. The molecule has 3 aromatic carbocycles. The van der Waals surface area contributed by atoms with E-state index in [4.69, 9.17) is 4.74 Å². The molecule has 1 aliphatic heterocycles. The maximum absolute atomic E-state index is 15.6. The summed E-state index contributed by atoms with van der Waals surface area (Å²) in [4.78, 5) is 9.21. The lowest BCUT2D eigenvalue weighted by molar-refractivity contribution is 0.123. The first-order valence-corrected chi connectivity index (χ1v) is 16.1. The quantitative estimate of drug-likeness (QED) is 0.231. The Hall–Kier alpha value is -3.76. The van der Waals surface area contributed by atoms with Gasteiger partial charge in [0, 0.05) is 55.8 Å². The van der Waals surface area contributed by atoms with Crippen LogP contribution < -0.4 is 15.1 Å². The summed E-state index contributed by atoms with van der Waals surface area (Å²) < 4.78 is 61.1. The molecular weight excluding hydrogens is 558 g/mol. The second-order valence-corrected chi connectivity index (χ2v) is 12.5. The minimum atomic E-state index is -3.62. The molecule has 1 aliphatic rings. The molecule has 0 bridgehead atoms. The van der Waals surface area contributed by atoms with Crippen LogP contribution in [0, 0.1) is 18.6 Å². The van der Waals surface area contributed by atoms with E-state index in [9.17, 15) is 12.8 Å². The van der Waals surface area contributed by atoms with Crippen molar-refractivity contribution in [3.05, 3.63) is 71.8 Å². The first-order valence-electron chi connectivity index (χ1n) is 14.2. The minimum absolute atomic E-state index is 0.0872. The molecule has 5 rings (SSSR count). The molecule has 0 atom stereocenters. The second kappa shape index (κ2) is 12.2. The van der Waals surface area contributed by atoms with Crippen LogP contribution in [0.1, 0.15) is 25.8 Å². The number of morpholine rings is 1. The van der Waals surface area contributed by atoms with Crippen LogP contribution in [0.5, 0.6) is 0 Å². The number of nitrogens with one attached hydrogen (secondary N) is 1. The number of pyridine rings is 1. The summed E-state index contributed by atoms with van der Waals surface area (Å²) in [7, 11) is -3.62. The average molecular weight is 595 g/mol. The first kappa shape index (κ1) is 29.7. The molecule has 7 nitrogen and oxygen atoms in total. The molecule has 1 N–H and O–H groups in total. The largest absolute Gasteiger partial charge is 0.378 e. The fourth-order valence-corrected chi connectivity index (χ4v) is 6.48. The van der Waals surface area contributed by atoms with Crippen molar-refractivity contribution in [3.63, 3.8) is 0 Å². The Labute approximate surface area is 246 Å². The van der Waals surface area contributed by atoms with Crippen LogP contribution in [-0.2, 0) is 14.6 Å². The maximum atomic E-state index is 15.6. The van der Waals surface area contributed by atoms with Gasteiger partial charge in [0.15, 0.2) is 9.84 Å². The monoisotopic (exact) mass is 594 g/mol. The Morgan fingerprint density at radius 1 is 1.05 bits per heavy atom. The van der Waals surface area contributed by atoms with Gasteiger partial charge in [-0.1, -0.05) is 25.1 Å². The van der Waals surface area contributed by atoms with Crippen LogP contribution in [0.2, 0.25) is 0 Å². The van der Waals surface area contributed by atoms with E-state index >= 15 is 4.39 Å². The summed E-state index contributed by atoms with van der Waals surface area (Å²) in [6.45, 7) is 10.3. The molecule has 0 unspecified atom stereocenters. The topological polar surface area (TPSA) is 74.8 Å². The van der Waals surface area contributed by atoms with E-state index in [0.29, 0.717) is 48.8 Å². The predicted molar refractivity (Wildman–Crippen MR) is 166 cm³/mol. The number of halogens is 2. The average Bonchev–Trinajstić information content (AvgIpc) is 2.97. The molecule has 0 spiro atoms. The third-order valence-corrected chi connectivity index (χ3v) is 8.78. The van der Waals surface area contributed by atoms with Crippen molar-refractivity contribution >= 4 is 43.5 Å². The van der Waals surface area contributed by atoms with E-state index in [1.807, 2.05) is 0 Å². The van der Waals surface area contributed by atoms with Crippen molar-refractivity contribution in [2.75, 3.05) is 60.8 Å². The fourth-order valence-electron chi connectivity index (χ4n) is 5.59. The minimum Gasteiger partial charge on any atom is -0.378 e. The molecule has 0 radical (unpaired) electrons. The highest BCUT2D eigenvalue weighted by Gasteiger charge is 2.24. The number of ether oxygens (including phenoxy) is 1. The molecular formula is C32H36F2N4O3S. The van der Waals surface area contributed by atoms with Gasteiger partial charge in [-0.3, -0.25) is 0 Å². The van der Waals surface area contributed by atoms with Gasteiger partial charge in [0.05, 0.1) is 51.8 Å². The van der Waals surface area contributed by atoms with E-state index in [0.717, 1.165) is 48.9 Å². The normalized spacial score (nSPS) is 13.9. The molecule has 4 aromatic rings. The highest BCUT2D eigenvalue weighted by Crippen LogP contribution is 2.41. The molecule has 42 heavy (non-hydrogen) atoms. The Kier molecular flexibility index (Phi) is 8.65. The Morgan fingerprint density at radius 3 is 2.48 bits per heavy atom. The van der Waals surface area contributed by atoms with Gasteiger partial charge < -0.3 is 19.9 Å². The van der Waals surface area contributed by atoms with Crippen LogP contribution in [0.15, 0.2) is 59.5 Å². The Bertz CT molecular complexity index is 1720. The number of aromatic nitrogens is 1. The number of hydrogen-bond donors (Lipinski definition) is 1. The van der Waals surface area contributed by atoms with Gasteiger partial charge in [0.2, 0.25) is 0 Å². The second-order valence-electron chi connectivity index (χ2n) is 10.5. The molecule has 1 aromatic heterocycles. The summed E-state index contributed by atoms with van der Waals surface area (Å²) >= 11 is 0. The summed E-state index contributed by atoms with van der Waals surface area (Å²) in [5.41, 5.74) is 4.44. The van der Waals surface area contributed by atoms with Crippen molar-refractivity contribution in [1.29, 1.82) is 0 Å². The number of anilines is 4. The molecule has 0 aliphatic carbocycles. The van der Waals surface area contributed by atoms with E-state index in [1.54, 1.807) is 25.1 Å². The van der Waals surface area contributed by atoms with Crippen molar-refractivity contribution < 1.29 is 21.9 Å². The maximum Gasteiger partial charge on any atom is 0.176 e. The number of nitrogens with zero attached hydrogens (tertiary/aromatic N) is 3. The Balaban J connectivity index is 1.76. The number of benzene rings is 3. The van der Waals surface area contributed by atoms with Gasteiger partial charge in [0.25, 0.3) is 0 Å². The van der Waals surface area contributed by atoms with Crippen LogP contribution in [0.3, 0.4) is 0 Å². The molecule has 2 heterocycles. The van der Waals surface area contributed by atoms with Crippen LogP contribution in [-0.4, -0.2) is 59.1 Å². The standard InChI is InChI=1S/C32H36F2N4O3S/c1-5-13-37(6-2)23-11-12-28(38-14-16-41-17-15-38)26(20-23)35-32-21(3)31(24-9-7-8-10-29(24)42(4,39)40)36-27-19-22(33)18-25(34)30(27)32/h7-12,18-20H,5-6,13-17H2,1-4H3,(H,35,36). The lowest BCUT2D eigenvalue weighted by Crippen LogP contribution is -2.36. The molecule has 1 fully saturated rings. The summed E-state index contributed by atoms with van der Waals surface area (Å²) in [5, 5.41) is 3.64. The van der Waals surface area contributed by atoms with E-state index < -0.39 is 21.5 Å². The van der Waals surface area contributed by atoms with Crippen molar-refractivity contribution in [3.8, 4) is 11.3 Å². The smallest absolute Gasteiger partial charge is 0.176 e. The third kappa shape index (κ3) is 5.91. The zero-order valence-electron chi connectivity index (χ0n) is 24.4. The number of rotatable bonds is 9. The molecule has 222 valence electrons. The van der Waals surface area contributed by atoms with Gasteiger partial charge in [0.1, 0.15) is 11.6 Å². The van der Waals surface area contributed by atoms with Crippen LogP contribution in [0.25, 0.3) is 22.2 Å². The molecule has 10 heteroatoms. The number of hydrogen-bond acceptors (Lipinski definition) is 7. The van der Waals surface area contributed by atoms with Crippen molar-refractivity contribution in [2.45, 2.75) is 32.1 Å². The first-order chi connectivity index (χ1) is 20.1. The SMILES string of the molecule is CCCN(CC)c1ccc(N2CCOCC2)c(Nc2c(C)c(-c3ccccc3S(C)(=O)=O)nc3cc(F)cc(F)c23)c1. The Morgan fingerprint density at radius 2 is 1.79 bits per heavy atom. The van der Waals surface area contributed by atoms with E-state index in [2.05, 4.69) is 52.1 Å². The highest BCUT2D eigenvalue weighted by molar-refractivity contribution is 7.90. The van der Waals surface area contributed by atoms with Gasteiger partial charge in [-0.25, -0.2) is 22.2 Å². The third-order valence-electron chi connectivity index (χ3n) is 7.62. The molecule has 0 saturated carbocycles. The lowest BCUT2D eigenvalue weighted by Gasteiger charge is -2.32. The lowest BCUT2D eigenvalue weighted by atomic mass is 10.0. The highest BCUT2D eigenvalue weighted by atomic mass is 32.2.